The van der Waals surface area contributed by atoms with E-state index in [9.17, 15) is 13.2 Å². The van der Waals surface area contributed by atoms with E-state index in [1.165, 1.54) is 29.6 Å². The second-order valence-electron chi connectivity index (χ2n) is 3.38. The number of nitrogens with one attached hydrogen (secondary N) is 1. The molecule has 2 rings (SSSR count). The number of carbonyl (C=O) groups excluding carboxylic acids is 1. The van der Waals surface area contributed by atoms with Gasteiger partial charge in [0.15, 0.2) is 5.82 Å². The van der Waals surface area contributed by atoms with Gasteiger partial charge < -0.3 is 5.32 Å². The first-order chi connectivity index (χ1) is 8.38. The second kappa shape index (κ2) is 4.48. The van der Waals surface area contributed by atoms with Gasteiger partial charge in [-0.15, -0.1) is 11.3 Å². The summed E-state index contributed by atoms with van der Waals surface area (Å²) in [6.07, 6.45) is 2.59. The van der Waals surface area contributed by atoms with Gasteiger partial charge in [-0.05, 0) is 0 Å². The summed E-state index contributed by atoms with van der Waals surface area (Å²) in [7, 11) is -2.41. The minimum absolute atomic E-state index is 0.0987. The van der Waals surface area contributed by atoms with Gasteiger partial charge in [0.25, 0.3) is 5.91 Å². The summed E-state index contributed by atoms with van der Waals surface area (Å²) in [5.41, 5.74) is 1.49. The van der Waals surface area contributed by atoms with Crippen molar-refractivity contribution in [2.75, 3.05) is 5.32 Å². The van der Waals surface area contributed by atoms with E-state index in [-0.39, 0.29) is 10.7 Å². The van der Waals surface area contributed by atoms with Gasteiger partial charge in [-0.25, -0.2) is 13.6 Å². The lowest BCUT2D eigenvalue weighted by atomic mass is 10.5. The van der Waals surface area contributed by atoms with E-state index in [1.54, 1.807) is 0 Å². The van der Waals surface area contributed by atoms with Crippen LogP contribution in [0.5, 0.6) is 0 Å². The lowest BCUT2D eigenvalue weighted by molar-refractivity contribution is 0.102. The van der Waals surface area contributed by atoms with Crippen molar-refractivity contribution >= 4 is 33.1 Å². The fraction of sp³-hybridized carbons (Fsp3) is 0.125. The van der Waals surface area contributed by atoms with Crippen molar-refractivity contribution in [1.82, 2.24) is 14.8 Å². The summed E-state index contributed by atoms with van der Waals surface area (Å²) in [5, 5.41) is 11.2. The Morgan fingerprint density at radius 3 is 2.83 bits per heavy atom. The predicted molar refractivity (Wildman–Crippen MR) is 64.6 cm³/mol. The topological polar surface area (TPSA) is 120 Å². The van der Waals surface area contributed by atoms with Crippen molar-refractivity contribution in [1.29, 1.82) is 0 Å². The third-order valence-corrected chi connectivity index (χ3v) is 3.67. The Labute approximate surface area is 106 Å². The lowest BCUT2D eigenvalue weighted by Crippen LogP contribution is -2.17. The van der Waals surface area contributed by atoms with Gasteiger partial charge in [-0.1, -0.05) is 0 Å². The highest BCUT2D eigenvalue weighted by molar-refractivity contribution is 7.89. The first kappa shape index (κ1) is 12.7. The van der Waals surface area contributed by atoms with E-state index in [4.69, 9.17) is 5.14 Å². The van der Waals surface area contributed by atoms with Gasteiger partial charge in [0.2, 0.25) is 10.0 Å². The Balaban J connectivity index is 2.33. The Morgan fingerprint density at radius 1 is 1.56 bits per heavy atom. The highest BCUT2D eigenvalue weighted by Gasteiger charge is 2.20. The standard InChI is InChI=1S/C8H9N5O3S2/c1-13-3-6(18(9,15)16)7(12-13)11-8(14)5-2-10-4-17-5/h2-4H,1H3,(H2,9,15,16)(H,11,12,14). The SMILES string of the molecule is Cn1cc(S(N)(=O)=O)c(NC(=O)c2cncs2)n1. The van der Waals surface area contributed by atoms with Crippen LogP contribution in [0.3, 0.4) is 0 Å². The maximum Gasteiger partial charge on any atom is 0.268 e. The molecule has 2 aromatic rings. The number of aryl methyl sites for hydroxylation is 1. The highest BCUT2D eigenvalue weighted by Crippen LogP contribution is 2.18. The number of sulfonamides is 1. The van der Waals surface area contributed by atoms with Crippen molar-refractivity contribution < 1.29 is 13.2 Å². The average molecular weight is 287 g/mol. The molecule has 2 aromatic heterocycles. The maximum atomic E-state index is 11.7. The molecule has 0 atom stereocenters. The first-order valence-corrected chi connectivity index (χ1v) is 7.07. The van der Waals surface area contributed by atoms with Crippen LogP contribution in [0.25, 0.3) is 0 Å². The number of primary sulfonamides is 1. The molecule has 0 bridgehead atoms. The molecular formula is C8H9N5O3S2. The van der Waals surface area contributed by atoms with Gasteiger partial charge in [0.1, 0.15) is 9.77 Å². The molecule has 3 N–H and O–H groups in total. The number of carbonyl (C=O) groups is 1. The molecule has 0 aromatic carbocycles. The monoisotopic (exact) mass is 287 g/mol. The predicted octanol–water partition coefficient (Wildman–Crippen LogP) is -0.224. The molecule has 0 saturated heterocycles. The van der Waals surface area contributed by atoms with E-state index in [1.807, 2.05) is 0 Å². The smallest absolute Gasteiger partial charge is 0.268 e. The Kier molecular flexibility index (Phi) is 3.15. The van der Waals surface area contributed by atoms with Gasteiger partial charge >= 0.3 is 0 Å². The molecule has 18 heavy (non-hydrogen) atoms. The molecule has 0 aliphatic rings. The molecule has 8 nitrogen and oxygen atoms in total. The fourth-order valence-corrected chi connectivity index (χ4v) is 2.43. The van der Waals surface area contributed by atoms with Crippen LogP contribution in [0.4, 0.5) is 5.82 Å². The number of nitrogens with two attached hydrogens (primary N) is 1. The van der Waals surface area contributed by atoms with Gasteiger partial charge in [-0.3, -0.25) is 14.5 Å². The molecular weight excluding hydrogens is 278 g/mol. The first-order valence-electron chi connectivity index (χ1n) is 4.64. The van der Waals surface area contributed by atoms with Crippen LogP contribution in [0.15, 0.2) is 22.8 Å². The van der Waals surface area contributed by atoms with E-state index in [2.05, 4.69) is 15.4 Å². The molecule has 10 heteroatoms. The number of hydrogen-bond donors (Lipinski definition) is 2. The summed E-state index contributed by atoms with van der Waals surface area (Å²) in [6, 6.07) is 0. The van der Waals surface area contributed by atoms with E-state index < -0.39 is 15.9 Å². The molecule has 0 aliphatic heterocycles. The summed E-state index contributed by atoms with van der Waals surface area (Å²) in [6.45, 7) is 0. The van der Waals surface area contributed by atoms with Crippen LogP contribution < -0.4 is 10.5 Å². The molecule has 0 spiro atoms. The summed E-state index contributed by atoms with van der Waals surface area (Å²) >= 11 is 1.13. The molecule has 2 heterocycles. The number of aromatic nitrogens is 3. The van der Waals surface area contributed by atoms with Crippen LogP contribution in [-0.2, 0) is 17.1 Å². The van der Waals surface area contributed by atoms with Crippen molar-refractivity contribution in [3.05, 3.63) is 22.8 Å². The lowest BCUT2D eigenvalue weighted by Gasteiger charge is -2.01. The van der Waals surface area contributed by atoms with Crippen molar-refractivity contribution in [3.8, 4) is 0 Å². The van der Waals surface area contributed by atoms with Gasteiger partial charge in [0.05, 0.1) is 11.7 Å². The van der Waals surface area contributed by atoms with Gasteiger partial charge in [-0.2, -0.15) is 5.10 Å². The van der Waals surface area contributed by atoms with E-state index in [0.717, 1.165) is 11.3 Å². The molecule has 0 fully saturated rings. The van der Waals surface area contributed by atoms with Crippen LogP contribution in [-0.4, -0.2) is 29.1 Å². The van der Waals surface area contributed by atoms with Crippen LogP contribution >= 0.6 is 11.3 Å². The zero-order valence-corrected chi connectivity index (χ0v) is 10.8. The number of hydrogen-bond acceptors (Lipinski definition) is 6. The molecule has 0 radical (unpaired) electrons. The number of anilines is 1. The third-order valence-electron chi connectivity index (χ3n) is 1.99. The minimum Gasteiger partial charge on any atom is -0.303 e. The van der Waals surface area contributed by atoms with Crippen molar-refractivity contribution in [2.45, 2.75) is 4.90 Å². The van der Waals surface area contributed by atoms with Gasteiger partial charge in [0, 0.05) is 13.2 Å². The molecule has 0 saturated carbocycles. The van der Waals surface area contributed by atoms with Crippen molar-refractivity contribution in [2.24, 2.45) is 12.2 Å². The zero-order valence-electron chi connectivity index (χ0n) is 9.19. The Morgan fingerprint density at radius 2 is 2.28 bits per heavy atom. The molecule has 0 unspecified atom stereocenters. The fourth-order valence-electron chi connectivity index (χ4n) is 1.26. The average Bonchev–Trinajstić information content (AvgIpc) is 2.85. The molecule has 96 valence electrons. The van der Waals surface area contributed by atoms with E-state index >= 15 is 0 Å². The van der Waals surface area contributed by atoms with Crippen molar-refractivity contribution in [3.63, 3.8) is 0 Å². The zero-order chi connectivity index (χ0) is 13.3. The van der Waals surface area contributed by atoms with Crippen LogP contribution in [0.1, 0.15) is 9.67 Å². The maximum absolute atomic E-state index is 11.7. The number of amides is 1. The highest BCUT2D eigenvalue weighted by atomic mass is 32.2. The second-order valence-corrected chi connectivity index (χ2v) is 5.80. The Bertz CT molecular complexity index is 674. The minimum atomic E-state index is -3.94. The normalized spacial score (nSPS) is 11.4. The van der Waals surface area contributed by atoms with Crippen LogP contribution in [0, 0.1) is 0 Å². The quantitative estimate of drug-likeness (QED) is 0.808. The number of thiazole rings is 1. The van der Waals surface area contributed by atoms with E-state index in [0.29, 0.717) is 4.88 Å². The number of nitrogens with zero attached hydrogens (tertiary/aromatic N) is 3. The summed E-state index contributed by atoms with van der Waals surface area (Å²) < 4.78 is 23.8. The third kappa shape index (κ3) is 2.55. The molecule has 0 aliphatic carbocycles. The molecule has 1 amide bonds. The van der Waals surface area contributed by atoms with Crippen LogP contribution in [0.2, 0.25) is 0 Å². The Hall–Kier alpha value is -1.78. The number of rotatable bonds is 3. The summed E-state index contributed by atoms with van der Waals surface area (Å²) in [5.74, 6) is -0.584. The summed E-state index contributed by atoms with van der Waals surface area (Å²) in [4.78, 5) is 15.6. The largest absolute Gasteiger partial charge is 0.303 e.